The Balaban J connectivity index is 1.48. The highest BCUT2D eigenvalue weighted by molar-refractivity contribution is 5.91. The quantitative estimate of drug-likeness (QED) is 0.181. The van der Waals surface area contributed by atoms with E-state index in [-0.39, 0.29) is 5.97 Å². The number of benzene rings is 2. The van der Waals surface area contributed by atoms with Gasteiger partial charge in [-0.05, 0) is 73.4 Å². The van der Waals surface area contributed by atoms with Crippen molar-refractivity contribution in [3.63, 3.8) is 0 Å². The molecule has 180 valence electrons. The summed E-state index contributed by atoms with van der Waals surface area (Å²) in [7, 11) is 0. The Labute approximate surface area is 204 Å². The summed E-state index contributed by atoms with van der Waals surface area (Å²) in [5, 5.41) is 0. The molecule has 4 nitrogen and oxygen atoms in total. The fraction of sp³-hybridized carbons (Fsp3) is 0.400. The summed E-state index contributed by atoms with van der Waals surface area (Å²) in [5.74, 6) is 0.941. The van der Waals surface area contributed by atoms with Crippen molar-refractivity contribution in [3.05, 3.63) is 78.0 Å². The largest absolute Gasteiger partial charge is 0.494 e. The van der Waals surface area contributed by atoms with Crippen LogP contribution in [-0.2, 0) is 6.42 Å². The Hall–Kier alpha value is -3.14. The van der Waals surface area contributed by atoms with E-state index in [9.17, 15) is 4.79 Å². The molecule has 0 bridgehead atoms. The molecule has 0 aliphatic carbocycles. The van der Waals surface area contributed by atoms with Gasteiger partial charge in [-0.15, -0.1) is 0 Å². The van der Waals surface area contributed by atoms with Crippen molar-refractivity contribution < 1.29 is 14.3 Å². The molecular formula is C30H37NO3. The van der Waals surface area contributed by atoms with Crippen LogP contribution in [0, 0.1) is 0 Å². The lowest BCUT2D eigenvalue weighted by Crippen LogP contribution is -2.08. The van der Waals surface area contributed by atoms with Gasteiger partial charge in [0.15, 0.2) is 0 Å². The van der Waals surface area contributed by atoms with Crippen molar-refractivity contribution in [2.75, 3.05) is 6.61 Å². The average molecular weight is 460 g/mol. The van der Waals surface area contributed by atoms with Gasteiger partial charge in [0.25, 0.3) is 0 Å². The molecule has 0 aliphatic rings. The zero-order valence-electron chi connectivity index (χ0n) is 20.6. The number of hydrogen-bond donors (Lipinski definition) is 0. The normalized spacial score (nSPS) is 10.8. The second-order valence-corrected chi connectivity index (χ2v) is 8.71. The zero-order chi connectivity index (χ0) is 24.0. The van der Waals surface area contributed by atoms with Gasteiger partial charge in [-0.25, -0.2) is 4.79 Å². The van der Waals surface area contributed by atoms with Gasteiger partial charge >= 0.3 is 5.97 Å². The molecule has 2 aromatic carbocycles. The van der Waals surface area contributed by atoms with E-state index in [1.807, 2.05) is 54.6 Å². The van der Waals surface area contributed by atoms with Crippen LogP contribution in [-0.4, -0.2) is 17.6 Å². The van der Waals surface area contributed by atoms with E-state index in [1.54, 1.807) is 12.3 Å². The van der Waals surface area contributed by atoms with E-state index in [0.29, 0.717) is 11.3 Å². The summed E-state index contributed by atoms with van der Waals surface area (Å²) in [6.07, 6.45) is 12.4. The fourth-order valence-electron chi connectivity index (χ4n) is 3.78. The highest BCUT2D eigenvalue weighted by Gasteiger charge is 2.10. The third-order valence-corrected chi connectivity index (χ3v) is 5.87. The molecule has 1 aromatic heterocycles. The Morgan fingerprint density at radius 2 is 1.41 bits per heavy atom. The minimum absolute atomic E-state index is 0.370. The highest BCUT2D eigenvalue weighted by atomic mass is 16.5. The lowest BCUT2D eigenvalue weighted by atomic mass is 10.1. The molecule has 0 aliphatic heterocycles. The zero-order valence-corrected chi connectivity index (χ0v) is 20.6. The molecule has 0 amide bonds. The number of nitrogens with zero attached hydrogens (tertiary/aromatic N) is 1. The van der Waals surface area contributed by atoms with Gasteiger partial charge in [-0.1, -0.05) is 64.5 Å². The van der Waals surface area contributed by atoms with Crippen LogP contribution in [0.2, 0.25) is 0 Å². The number of pyridine rings is 1. The lowest BCUT2D eigenvalue weighted by molar-refractivity contribution is 0.0734. The predicted octanol–water partition coefficient (Wildman–Crippen LogP) is 8.05. The number of rotatable bonds is 14. The van der Waals surface area contributed by atoms with Gasteiger partial charge < -0.3 is 9.47 Å². The Morgan fingerprint density at radius 1 is 0.735 bits per heavy atom. The monoisotopic (exact) mass is 459 g/mol. The molecule has 3 rings (SSSR count). The molecule has 3 aromatic rings. The first kappa shape index (κ1) is 25.5. The first-order chi connectivity index (χ1) is 16.7. The second-order valence-electron chi connectivity index (χ2n) is 8.71. The summed E-state index contributed by atoms with van der Waals surface area (Å²) in [6, 6.07) is 19.3. The molecule has 34 heavy (non-hydrogen) atoms. The molecular weight excluding hydrogens is 422 g/mol. The summed E-state index contributed by atoms with van der Waals surface area (Å²) in [5.41, 5.74) is 3.61. The molecule has 0 spiro atoms. The first-order valence-corrected chi connectivity index (χ1v) is 12.7. The smallest absolute Gasteiger partial charge is 0.343 e. The SMILES string of the molecule is CCCCCCCOc1ccc(-c2ccc(OC(=O)c3ccc(CCCCC)cc3)cn2)cc1. The molecule has 0 saturated heterocycles. The van der Waals surface area contributed by atoms with Gasteiger partial charge in [-0.2, -0.15) is 0 Å². The van der Waals surface area contributed by atoms with Gasteiger partial charge in [0, 0.05) is 5.56 Å². The Bertz CT molecular complexity index is 979. The first-order valence-electron chi connectivity index (χ1n) is 12.7. The van der Waals surface area contributed by atoms with Gasteiger partial charge in [0.1, 0.15) is 11.5 Å². The van der Waals surface area contributed by atoms with Gasteiger partial charge in [-0.3, -0.25) is 4.98 Å². The minimum Gasteiger partial charge on any atom is -0.494 e. The minimum atomic E-state index is -0.370. The standard InChI is InChI=1S/C30H37NO3/c1-3-5-7-8-10-22-33-27-18-16-25(17-19-27)29-21-20-28(23-31-29)34-30(32)26-14-12-24(13-15-26)11-9-6-4-2/h12-21,23H,3-11,22H2,1-2H3. The number of carbonyl (C=O) groups excluding carboxylic acids is 1. The van der Waals surface area contributed by atoms with E-state index < -0.39 is 0 Å². The molecule has 0 saturated carbocycles. The second kappa shape index (κ2) is 14.2. The molecule has 0 N–H and O–H groups in total. The van der Waals surface area contributed by atoms with Crippen LogP contribution in [0.25, 0.3) is 11.3 Å². The van der Waals surface area contributed by atoms with E-state index in [2.05, 4.69) is 18.8 Å². The van der Waals surface area contributed by atoms with Crippen molar-refractivity contribution in [3.8, 4) is 22.8 Å². The van der Waals surface area contributed by atoms with Crippen molar-refractivity contribution >= 4 is 5.97 Å². The van der Waals surface area contributed by atoms with E-state index in [0.717, 1.165) is 36.5 Å². The Morgan fingerprint density at radius 3 is 2.09 bits per heavy atom. The van der Waals surface area contributed by atoms with Crippen molar-refractivity contribution in [2.24, 2.45) is 0 Å². The molecule has 0 radical (unpaired) electrons. The maximum Gasteiger partial charge on any atom is 0.343 e. The summed E-state index contributed by atoms with van der Waals surface area (Å²) >= 11 is 0. The molecule has 0 unspecified atom stereocenters. The van der Waals surface area contributed by atoms with Gasteiger partial charge in [0.05, 0.1) is 24.1 Å². The third-order valence-electron chi connectivity index (χ3n) is 5.87. The molecule has 1 heterocycles. The lowest BCUT2D eigenvalue weighted by Gasteiger charge is -2.08. The number of aryl methyl sites for hydroxylation is 1. The maximum absolute atomic E-state index is 12.5. The summed E-state index contributed by atoms with van der Waals surface area (Å²) in [4.78, 5) is 16.9. The van der Waals surface area contributed by atoms with Crippen LogP contribution in [0.1, 0.15) is 81.1 Å². The van der Waals surface area contributed by atoms with Crippen LogP contribution in [0.3, 0.4) is 0 Å². The van der Waals surface area contributed by atoms with Gasteiger partial charge in [0.2, 0.25) is 0 Å². The van der Waals surface area contributed by atoms with Crippen molar-refractivity contribution in [2.45, 2.75) is 71.6 Å². The summed E-state index contributed by atoms with van der Waals surface area (Å²) < 4.78 is 11.3. The van der Waals surface area contributed by atoms with E-state index >= 15 is 0 Å². The number of carbonyl (C=O) groups is 1. The molecule has 4 heteroatoms. The third kappa shape index (κ3) is 8.33. The average Bonchev–Trinajstić information content (AvgIpc) is 2.87. The van der Waals surface area contributed by atoms with E-state index in [4.69, 9.17) is 9.47 Å². The van der Waals surface area contributed by atoms with Crippen molar-refractivity contribution in [1.82, 2.24) is 4.98 Å². The predicted molar refractivity (Wildman–Crippen MR) is 139 cm³/mol. The Kier molecular flexibility index (Phi) is 10.6. The van der Waals surface area contributed by atoms with Crippen LogP contribution in [0.5, 0.6) is 11.5 Å². The number of hydrogen-bond acceptors (Lipinski definition) is 4. The topological polar surface area (TPSA) is 48.4 Å². The fourth-order valence-corrected chi connectivity index (χ4v) is 3.78. The number of unbranched alkanes of at least 4 members (excludes halogenated alkanes) is 6. The maximum atomic E-state index is 12.5. The number of aromatic nitrogens is 1. The van der Waals surface area contributed by atoms with Crippen LogP contribution in [0.4, 0.5) is 0 Å². The van der Waals surface area contributed by atoms with Crippen LogP contribution < -0.4 is 9.47 Å². The van der Waals surface area contributed by atoms with Crippen molar-refractivity contribution in [1.29, 1.82) is 0 Å². The molecule has 0 atom stereocenters. The van der Waals surface area contributed by atoms with Crippen LogP contribution in [0.15, 0.2) is 66.9 Å². The van der Waals surface area contributed by atoms with Crippen LogP contribution >= 0.6 is 0 Å². The molecule has 0 fully saturated rings. The highest BCUT2D eigenvalue weighted by Crippen LogP contribution is 2.23. The summed E-state index contributed by atoms with van der Waals surface area (Å²) in [6.45, 7) is 5.17. The number of ether oxygens (including phenoxy) is 2. The van der Waals surface area contributed by atoms with E-state index in [1.165, 1.54) is 50.5 Å². The number of esters is 1.